The largest absolute Gasteiger partial charge is 0.497 e. The van der Waals surface area contributed by atoms with E-state index in [4.69, 9.17) is 10.5 Å². The number of hydrogen-bond acceptors (Lipinski definition) is 5. The van der Waals surface area contributed by atoms with Crippen LogP contribution < -0.4 is 15.9 Å². The van der Waals surface area contributed by atoms with E-state index in [1.165, 1.54) is 11.3 Å². The number of rotatable bonds is 5. The minimum absolute atomic E-state index is 0.326. The van der Waals surface area contributed by atoms with E-state index in [9.17, 15) is 4.79 Å². The number of aryl methyl sites for hydroxylation is 2. The number of nitrogen functional groups attached to an aromatic ring is 1. The second kappa shape index (κ2) is 7.45. The van der Waals surface area contributed by atoms with Crippen LogP contribution in [0.5, 0.6) is 5.75 Å². The molecule has 7 heteroatoms. The van der Waals surface area contributed by atoms with Crippen LogP contribution in [0.25, 0.3) is 10.4 Å². The molecule has 26 heavy (non-hydrogen) atoms. The summed E-state index contributed by atoms with van der Waals surface area (Å²) in [5, 5.41) is 4.03. The van der Waals surface area contributed by atoms with E-state index in [2.05, 4.69) is 15.5 Å². The summed E-state index contributed by atoms with van der Waals surface area (Å²) >= 11 is 1.33. The first-order chi connectivity index (χ1) is 12.5. The molecule has 2 heterocycles. The molecule has 3 rings (SSSR count). The molecule has 0 aliphatic heterocycles. The Kier molecular flexibility index (Phi) is 5.09. The molecule has 0 radical (unpaired) electrons. The number of nitrogens with one attached hydrogen (secondary N) is 2. The van der Waals surface area contributed by atoms with Crippen molar-refractivity contribution in [2.45, 2.75) is 13.8 Å². The van der Waals surface area contributed by atoms with Gasteiger partial charge in [-0.15, -0.1) is 11.3 Å². The van der Waals surface area contributed by atoms with Crippen molar-refractivity contribution in [2.75, 3.05) is 12.8 Å². The van der Waals surface area contributed by atoms with Crippen LogP contribution in [0.1, 0.15) is 26.6 Å². The third-order valence-corrected chi connectivity index (χ3v) is 5.10. The number of hydrazone groups is 1. The summed E-state index contributed by atoms with van der Waals surface area (Å²) in [6.07, 6.45) is 1.62. The van der Waals surface area contributed by atoms with E-state index in [0.29, 0.717) is 10.6 Å². The zero-order chi connectivity index (χ0) is 18.7. The van der Waals surface area contributed by atoms with Gasteiger partial charge in [0.1, 0.15) is 10.6 Å². The third-order valence-electron chi connectivity index (χ3n) is 3.90. The highest BCUT2D eigenvalue weighted by Gasteiger charge is 2.15. The number of H-pyrrole nitrogens is 1. The number of thiophene rings is 1. The lowest BCUT2D eigenvalue weighted by Gasteiger charge is -2.00. The van der Waals surface area contributed by atoms with Crippen molar-refractivity contribution >= 4 is 29.1 Å². The number of carbonyl (C=O) groups is 1. The standard InChI is InChI=1S/C19H20N4O2S/c1-11-8-14(12(2)22-11)10-21-23-19(24)18-16(20)9-17(26-18)13-4-6-15(25-3)7-5-13/h4-10,22H,20H2,1-3H3,(H,23,24)/b21-10+. The molecule has 0 saturated carbocycles. The predicted octanol–water partition coefficient (Wildman–Crippen LogP) is 3.71. The summed E-state index contributed by atoms with van der Waals surface area (Å²) < 4.78 is 5.16. The monoisotopic (exact) mass is 368 g/mol. The Bertz CT molecular complexity index is 955. The van der Waals surface area contributed by atoms with E-state index in [1.807, 2.05) is 44.2 Å². The SMILES string of the molecule is COc1ccc(-c2cc(N)c(C(=O)N/N=C/c3cc(C)[nH]c3C)s2)cc1. The highest BCUT2D eigenvalue weighted by Crippen LogP contribution is 2.33. The van der Waals surface area contributed by atoms with Gasteiger partial charge in [0, 0.05) is 21.8 Å². The van der Waals surface area contributed by atoms with Gasteiger partial charge in [-0.05, 0) is 55.8 Å². The molecule has 0 bridgehead atoms. The molecule has 1 aromatic carbocycles. The number of methoxy groups -OCH3 is 1. The Morgan fingerprint density at radius 1 is 1.27 bits per heavy atom. The van der Waals surface area contributed by atoms with Crippen molar-refractivity contribution in [3.8, 4) is 16.2 Å². The maximum absolute atomic E-state index is 12.4. The van der Waals surface area contributed by atoms with Crippen molar-refractivity contribution in [1.29, 1.82) is 0 Å². The zero-order valence-electron chi connectivity index (χ0n) is 14.8. The number of nitrogens with zero attached hydrogens (tertiary/aromatic N) is 1. The van der Waals surface area contributed by atoms with E-state index in [1.54, 1.807) is 19.4 Å². The molecule has 4 N–H and O–H groups in total. The predicted molar refractivity (Wildman–Crippen MR) is 106 cm³/mol. The minimum Gasteiger partial charge on any atom is -0.497 e. The van der Waals surface area contributed by atoms with Crippen molar-refractivity contribution in [1.82, 2.24) is 10.4 Å². The van der Waals surface area contributed by atoms with Crippen molar-refractivity contribution < 1.29 is 9.53 Å². The van der Waals surface area contributed by atoms with Gasteiger partial charge in [-0.3, -0.25) is 4.79 Å². The molecule has 0 saturated heterocycles. The van der Waals surface area contributed by atoms with Crippen LogP contribution in [-0.4, -0.2) is 24.2 Å². The molecular formula is C19H20N4O2S. The van der Waals surface area contributed by atoms with Crippen LogP contribution >= 0.6 is 11.3 Å². The lowest BCUT2D eigenvalue weighted by molar-refractivity contribution is 0.0960. The first-order valence-corrected chi connectivity index (χ1v) is 8.83. The number of hydrogen-bond donors (Lipinski definition) is 3. The van der Waals surface area contributed by atoms with Gasteiger partial charge >= 0.3 is 0 Å². The first kappa shape index (κ1) is 17.8. The highest BCUT2D eigenvalue weighted by molar-refractivity contribution is 7.18. The smallest absolute Gasteiger partial charge is 0.283 e. The lowest BCUT2D eigenvalue weighted by Crippen LogP contribution is -2.17. The topological polar surface area (TPSA) is 92.5 Å². The average Bonchev–Trinajstić information content (AvgIpc) is 3.17. The Labute approximate surface area is 155 Å². The summed E-state index contributed by atoms with van der Waals surface area (Å²) in [7, 11) is 1.62. The molecule has 0 aliphatic rings. The van der Waals surface area contributed by atoms with Gasteiger partial charge < -0.3 is 15.5 Å². The van der Waals surface area contributed by atoms with Crippen LogP contribution in [0.3, 0.4) is 0 Å². The molecule has 134 valence electrons. The number of aromatic nitrogens is 1. The molecule has 6 nitrogen and oxygen atoms in total. The van der Waals surface area contributed by atoms with Crippen LogP contribution in [0.2, 0.25) is 0 Å². The molecule has 0 atom stereocenters. The van der Waals surface area contributed by atoms with Gasteiger partial charge in [-0.25, -0.2) is 5.43 Å². The maximum atomic E-state index is 12.4. The Morgan fingerprint density at radius 2 is 2.00 bits per heavy atom. The van der Waals surface area contributed by atoms with Crippen LogP contribution in [0.15, 0.2) is 41.5 Å². The van der Waals surface area contributed by atoms with E-state index in [-0.39, 0.29) is 5.91 Å². The normalized spacial score (nSPS) is 11.0. The second-order valence-corrected chi connectivity index (χ2v) is 6.91. The van der Waals surface area contributed by atoms with Crippen molar-refractivity contribution in [3.63, 3.8) is 0 Å². The Morgan fingerprint density at radius 3 is 2.62 bits per heavy atom. The maximum Gasteiger partial charge on any atom is 0.283 e. The molecule has 0 unspecified atom stereocenters. The van der Waals surface area contributed by atoms with Gasteiger partial charge in [-0.2, -0.15) is 5.10 Å². The van der Waals surface area contributed by atoms with E-state index < -0.39 is 0 Å². The van der Waals surface area contributed by atoms with Crippen LogP contribution in [0.4, 0.5) is 5.69 Å². The van der Waals surface area contributed by atoms with E-state index in [0.717, 1.165) is 33.1 Å². The van der Waals surface area contributed by atoms with Crippen molar-refractivity contribution in [3.05, 3.63) is 58.2 Å². The zero-order valence-corrected chi connectivity index (χ0v) is 15.6. The quantitative estimate of drug-likeness (QED) is 0.473. The fourth-order valence-corrected chi connectivity index (χ4v) is 3.55. The number of anilines is 1. The van der Waals surface area contributed by atoms with Gasteiger partial charge in [0.15, 0.2) is 0 Å². The van der Waals surface area contributed by atoms with Crippen molar-refractivity contribution in [2.24, 2.45) is 5.10 Å². The Hall–Kier alpha value is -3.06. The van der Waals surface area contributed by atoms with Crippen LogP contribution in [-0.2, 0) is 0 Å². The summed E-state index contributed by atoms with van der Waals surface area (Å²) in [5.41, 5.74) is 12.9. The summed E-state index contributed by atoms with van der Waals surface area (Å²) in [6.45, 7) is 3.92. The van der Waals surface area contributed by atoms with Gasteiger partial charge in [0.05, 0.1) is 19.0 Å². The molecule has 0 aliphatic carbocycles. The lowest BCUT2D eigenvalue weighted by atomic mass is 10.2. The molecule has 0 fully saturated rings. The average molecular weight is 368 g/mol. The highest BCUT2D eigenvalue weighted by atomic mass is 32.1. The number of ether oxygens (including phenoxy) is 1. The van der Waals surface area contributed by atoms with Gasteiger partial charge in [-0.1, -0.05) is 0 Å². The minimum atomic E-state index is -0.326. The number of carbonyl (C=O) groups excluding carboxylic acids is 1. The number of amides is 1. The molecule has 1 amide bonds. The van der Waals surface area contributed by atoms with Crippen LogP contribution in [0, 0.1) is 13.8 Å². The Balaban J connectivity index is 1.73. The number of nitrogens with two attached hydrogens (primary N) is 1. The first-order valence-electron chi connectivity index (χ1n) is 8.01. The fraction of sp³-hybridized carbons (Fsp3) is 0.158. The second-order valence-electron chi connectivity index (χ2n) is 5.86. The number of aromatic amines is 1. The number of benzene rings is 1. The molecule has 2 aromatic heterocycles. The van der Waals surface area contributed by atoms with Gasteiger partial charge in [0.2, 0.25) is 0 Å². The molecule has 3 aromatic rings. The molecule has 0 spiro atoms. The third kappa shape index (κ3) is 3.78. The van der Waals surface area contributed by atoms with E-state index >= 15 is 0 Å². The summed E-state index contributed by atoms with van der Waals surface area (Å²) in [5.74, 6) is 0.453. The van der Waals surface area contributed by atoms with Gasteiger partial charge in [0.25, 0.3) is 5.91 Å². The summed E-state index contributed by atoms with van der Waals surface area (Å²) in [4.78, 5) is 16.9. The molecular weight excluding hydrogens is 348 g/mol. The summed E-state index contributed by atoms with van der Waals surface area (Å²) in [6, 6.07) is 11.4. The fourth-order valence-electron chi connectivity index (χ4n) is 2.57.